The lowest BCUT2D eigenvalue weighted by molar-refractivity contribution is -0.134. The molecule has 6 nitrogen and oxygen atoms in total. The van der Waals surface area contributed by atoms with E-state index < -0.39 is 5.25 Å². The molecule has 1 aromatic heterocycles. The summed E-state index contributed by atoms with van der Waals surface area (Å²) in [5, 5.41) is 8.94. The van der Waals surface area contributed by atoms with Crippen molar-refractivity contribution in [2.75, 3.05) is 26.3 Å². The molecule has 0 radical (unpaired) electrons. The van der Waals surface area contributed by atoms with Crippen LogP contribution < -0.4 is 0 Å². The molecule has 0 N–H and O–H groups in total. The average molecular weight is 439 g/mol. The standard InChI is InChI=1S/C23H23FN4O2S/c24-19-9-5-4-8-18(19)21-25-26-23(28(21)17-10-11-17)31-20(16-6-2-1-3-7-16)22(29)27-12-14-30-15-13-27/h1-9,17,20H,10-15H2/t20-/m1/s1. The van der Waals surface area contributed by atoms with Crippen molar-refractivity contribution in [1.82, 2.24) is 19.7 Å². The average Bonchev–Trinajstić information content (AvgIpc) is 3.58. The van der Waals surface area contributed by atoms with Gasteiger partial charge in [-0.1, -0.05) is 54.2 Å². The van der Waals surface area contributed by atoms with E-state index in [1.54, 1.807) is 18.2 Å². The molecule has 31 heavy (non-hydrogen) atoms. The molecule has 2 aliphatic rings. The second kappa shape index (κ2) is 8.80. The first-order chi connectivity index (χ1) is 15.2. The van der Waals surface area contributed by atoms with Crippen molar-refractivity contribution < 1.29 is 13.9 Å². The molecule has 2 heterocycles. The molecule has 0 spiro atoms. The van der Waals surface area contributed by atoms with Gasteiger partial charge in [-0.05, 0) is 30.5 Å². The van der Waals surface area contributed by atoms with Crippen molar-refractivity contribution >= 4 is 17.7 Å². The number of carbonyl (C=O) groups excluding carboxylic acids is 1. The van der Waals surface area contributed by atoms with E-state index in [1.165, 1.54) is 17.8 Å². The molecule has 1 aliphatic heterocycles. The maximum Gasteiger partial charge on any atom is 0.240 e. The molecule has 3 aromatic rings. The molecule has 1 atom stereocenters. The first-order valence-corrected chi connectivity index (χ1v) is 11.4. The first kappa shape index (κ1) is 20.2. The molecule has 8 heteroatoms. The highest BCUT2D eigenvalue weighted by Crippen LogP contribution is 2.44. The van der Waals surface area contributed by atoms with E-state index in [2.05, 4.69) is 10.2 Å². The van der Waals surface area contributed by atoms with E-state index >= 15 is 0 Å². The van der Waals surface area contributed by atoms with Crippen molar-refractivity contribution in [3.8, 4) is 11.4 Å². The van der Waals surface area contributed by atoms with Gasteiger partial charge in [-0.2, -0.15) is 0 Å². The van der Waals surface area contributed by atoms with Crippen LogP contribution in [0.3, 0.4) is 0 Å². The number of halogens is 1. The number of hydrogen-bond acceptors (Lipinski definition) is 5. The van der Waals surface area contributed by atoms with Gasteiger partial charge in [0.25, 0.3) is 0 Å². The summed E-state index contributed by atoms with van der Waals surface area (Å²) in [6.07, 6.45) is 2.00. The Morgan fingerprint density at radius 2 is 1.74 bits per heavy atom. The van der Waals surface area contributed by atoms with E-state index in [4.69, 9.17) is 4.74 Å². The smallest absolute Gasteiger partial charge is 0.240 e. The largest absolute Gasteiger partial charge is 0.378 e. The molecule has 5 rings (SSSR count). The highest BCUT2D eigenvalue weighted by molar-refractivity contribution is 8.00. The number of ether oxygens (including phenoxy) is 1. The Bertz CT molecular complexity index is 1060. The van der Waals surface area contributed by atoms with Gasteiger partial charge >= 0.3 is 0 Å². The summed E-state index contributed by atoms with van der Waals surface area (Å²) in [5.41, 5.74) is 1.35. The second-order valence-electron chi connectivity index (χ2n) is 7.73. The van der Waals surface area contributed by atoms with E-state index in [0.29, 0.717) is 42.8 Å². The van der Waals surface area contributed by atoms with E-state index in [0.717, 1.165) is 18.4 Å². The van der Waals surface area contributed by atoms with Crippen molar-refractivity contribution in [3.05, 3.63) is 66.0 Å². The molecular weight excluding hydrogens is 415 g/mol. The summed E-state index contributed by atoms with van der Waals surface area (Å²) < 4.78 is 21.9. The number of hydrogen-bond donors (Lipinski definition) is 0. The Kier molecular flexibility index (Phi) is 5.74. The second-order valence-corrected chi connectivity index (χ2v) is 8.81. The van der Waals surface area contributed by atoms with Gasteiger partial charge in [-0.3, -0.25) is 9.36 Å². The van der Waals surface area contributed by atoms with Crippen molar-refractivity contribution in [3.63, 3.8) is 0 Å². The number of carbonyl (C=O) groups is 1. The molecule has 0 unspecified atom stereocenters. The normalized spacial score (nSPS) is 17.5. The van der Waals surface area contributed by atoms with Gasteiger partial charge in [0.15, 0.2) is 11.0 Å². The van der Waals surface area contributed by atoms with E-state index in [-0.39, 0.29) is 17.8 Å². The lowest BCUT2D eigenvalue weighted by Crippen LogP contribution is -2.42. The molecular formula is C23H23FN4O2S. The number of amides is 1. The van der Waals surface area contributed by atoms with E-state index in [1.807, 2.05) is 39.8 Å². The zero-order chi connectivity index (χ0) is 21.2. The Hall–Kier alpha value is -2.71. The Morgan fingerprint density at radius 3 is 2.45 bits per heavy atom. The molecule has 1 aliphatic carbocycles. The lowest BCUT2D eigenvalue weighted by Gasteiger charge is -2.30. The SMILES string of the molecule is O=C([C@H](Sc1nnc(-c2ccccc2F)n1C1CC1)c1ccccc1)N1CCOCC1. The molecule has 2 aromatic carbocycles. The van der Waals surface area contributed by atoms with Crippen LogP contribution in [0.2, 0.25) is 0 Å². The Morgan fingerprint density at radius 1 is 1.03 bits per heavy atom. The van der Waals surface area contributed by atoms with Gasteiger partial charge in [0.05, 0.1) is 18.8 Å². The number of thioether (sulfide) groups is 1. The number of nitrogens with zero attached hydrogens (tertiary/aromatic N) is 4. The summed E-state index contributed by atoms with van der Waals surface area (Å²) in [6, 6.07) is 16.6. The first-order valence-electron chi connectivity index (χ1n) is 10.5. The minimum Gasteiger partial charge on any atom is -0.378 e. The van der Waals surface area contributed by atoms with Gasteiger partial charge < -0.3 is 9.64 Å². The van der Waals surface area contributed by atoms with Gasteiger partial charge in [-0.25, -0.2) is 4.39 Å². The van der Waals surface area contributed by atoms with Gasteiger partial charge in [-0.15, -0.1) is 10.2 Å². The summed E-state index contributed by atoms with van der Waals surface area (Å²) >= 11 is 1.39. The predicted octanol–water partition coefficient (Wildman–Crippen LogP) is 4.11. The molecule has 1 saturated heterocycles. The minimum atomic E-state index is -0.450. The van der Waals surface area contributed by atoms with Crippen LogP contribution in [0.25, 0.3) is 11.4 Å². The molecule has 0 bridgehead atoms. The fourth-order valence-electron chi connectivity index (χ4n) is 3.79. The summed E-state index contributed by atoms with van der Waals surface area (Å²) in [4.78, 5) is 15.3. The Labute approximate surface area is 184 Å². The van der Waals surface area contributed by atoms with Crippen LogP contribution in [0.15, 0.2) is 59.8 Å². The predicted molar refractivity (Wildman–Crippen MR) is 116 cm³/mol. The number of rotatable bonds is 6. The summed E-state index contributed by atoms with van der Waals surface area (Å²) in [6.45, 7) is 2.26. The molecule has 1 saturated carbocycles. The maximum absolute atomic E-state index is 14.5. The van der Waals surface area contributed by atoms with Crippen LogP contribution in [-0.2, 0) is 9.53 Å². The maximum atomic E-state index is 14.5. The fraction of sp³-hybridized carbons (Fsp3) is 0.348. The molecule has 2 fully saturated rings. The minimum absolute atomic E-state index is 0.0392. The highest BCUT2D eigenvalue weighted by Gasteiger charge is 2.35. The lowest BCUT2D eigenvalue weighted by atomic mass is 10.1. The quantitative estimate of drug-likeness (QED) is 0.542. The summed E-state index contributed by atoms with van der Waals surface area (Å²) in [5.74, 6) is 0.239. The van der Waals surface area contributed by atoms with Crippen molar-refractivity contribution in [2.45, 2.75) is 29.3 Å². The van der Waals surface area contributed by atoms with Crippen LogP contribution >= 0.6 is 11.8 Å². The van der Waals surface area contributed by atoms with E-state index in [9.17, 15) is 9.18 Å². The molecule has 160 valence electrons. The topological polar surface area (TPSA) is 60.2 Å². The monoisotopic (exact) mass is 438 g/mol. The van der Waals surface area contributed by atoms with Crippen LogP contribution in [0.1, 0.15) is 29.7 Å². The van der Waals surface area contributed by atoms with Crippen LogP contribution in [-0.4, -0.2) is 51.9 Å². The van der Waals surface area contributed by atoms with Gasteiger partial charge in [0.1, 0.15) is 11.1 Å². The zero-order valence-electron chi connectivity index (χ0n) is 17.0. The van der Waals surface area contributed by atoms with Crippen molar-refractivity contribution in [2.24, 2.45) is 0 Å². The number of morpholine rings is 1. The van der Waals surface area contributed by atoms with Crippen molar-refractivity contribution in [1.29, 1.82) is 0 Å². The molecule has 1 amide bonds. The van der Waals surface area contributed by atoms with Crippen LogP contribution in [0.5, 0.6) is 0 Å². The van der Waals surface area contributed by atoms with Crippen LogP contribution in [0.4, 0.5) is 4.39 Å². The van der Waals surface area contributed by atoms with Crippen LogP contribution in [0, 0.1) is 5.82 Å². The third-order valence-corrected chi connectivity index (χ3v) is 6.76. The fourth-order valence-corrected chi connectivity index (χ4v) is 4.98. The highest BCUT2D eigenvalue weighted by atomic mass is 32.2. The third kappa shape index (κ3) is 4.22. The van der Waals surface area contributed by atoms with Gasteiger partial charge in [0, 0.05) is 19.1 Å². The number of benzene rings is 2. The van der Waals surface area contributed by atoms with Gasteiger partial charge in [0.2, 0.25) is 5.91 Å². The number of aromatic nitrogens is 3. The zero-order valence-corrected chi connectivity index (χ0v) is 17.8. The summed E-state index contributed by atoms with van der Waals surface area (Å²) in [7, 11) is 0. The third-order valence-electron chi connectivity index (χ3n) is 5.56. The Balaban J connectivity index is 1.51.